The Bertz CT molecular complexity index is 835. The summed E-state index contributed by atoms with van der Waals surface area (Å²) in [5.41, 5.74) is -0.152. The molecule has 2 aromatic rings. The van der Waals surface area contributed by atoms with Crippen LogP contribution in [-0.4, -0.2) is 38.5 Å². The van der Waals surface area contributed by atoms with E-state index in [4.69, 9.17) is 0 Å². The van der Waals surface area contributed by atoms with Gasteiger partial charge in [0.05, 0.1) is 5.69 Å². The van der Waals surface area contributed by atoms with E-state index in [1.54, 1.807) is 17.9 Å². The van der Waals surface area contributed by atoms with Crippen molar-refractivity contribution in [1.82, 2.24) is 19.5 Å². The molecular weight excluding hydrogens is 345 g/mol. The van der Waals surface area contributed by atoms with Crippen LogP contribution in [0.2, 0.25) is 0 Å². The summed E-state index contributed by atoms with van der Waals surface area (Å²) >= 11 is 0. The van der Waals surface area contributed by atoms with Gasteiger partial charge in [-0.3, -0.25) is 4.79 Å². The van der Waals surface area contributed by atoms with Gasteiger partial charge in [-0.25, -0.2) is 9.50 Å². The summed E-state index contributed by atoms with van der Waals surface area (Å²) < 4.78 is 41.0. The van der Waals surface area contributed by atoms with Crippen molar-refractivity contribution in [3.05, 3.63) is 29.2 Å². The molecule has 1 fully saturated rings. The highest BCUT2D eigenvalue weighted by atomic mass is 19.4. The van der Waals surface area contributed by atoms with Crippen LogP contribution in [0, 0.1) is 5.41 Å². The lowest BCUT2D eigenvalue weighted by Crippen LogP contribution is -2.37. The molecule has 1 aliphatic rings. The topological polar surface area (TPSA) is 50.5 Å². The monoisotopic (exact) mass is 368 g/mol. The Kier molecular flexibility index (Phi) is 4.48. The predicted molar refractivity (Wildman–Crippen MR) is 90.8 cm³/mol. The number of alkyl halides is 3. The van der Waals surface area contributed by atoms with Gasteiger partial charge in [-0.15, -0.1) is 0 Å². The first-order chi connectivity index (χ1) is 12.0. The van der Waals surface area contributed by atoms with Gasteiger partial charge in [0.2, 0.25) is 5.91 Å². The second-order valence-corrected chi connectivity index (χ2v) is 7.81. The summed E-state index contributed by atoms with van der Waals surface area (Å²) in [5.74, 6) is -0.0275. The average Bonchev–Trinajstić information content (AvgIpc) is 3.17. The van der Waals surface area contributed by atoms with Crippen molar-refractivity contribution in [3.8, 4) is 0 Å². The molecule has 2 aromatic heterocycles. The molecule has 5 nitrogen and oxygen atoms in total. The maximum absolute atomic E-state index is 13.4. The molecule has 0 saturated carbocycles. The first-order valence-electron chi connectivity index (χ1n) is 8.77. The van der Waals surface area contributed by atoms with Crippen molar-refractivity contribution < 1.29 is 18.0 Å². The van der Waals surface area contributed by atoms with E-state index in [9.17, 15) is 18.0 Å². The fourth-order valence-corrected chi connectivity index (χ4v) is 3.29. The number of halogens is 3. The zero-order valence-electron chi connectivity index (χ0n) is 15.4. The molecular formula is C18H23F3N4O. The van der Waals surface area contributed by atoms with E-state index < -0.39 is 17.3 Å². The van der Waals surface area contributed by atoms with Gasteiger partial charge >= 0.3 is 6.18 Å². The summed E-state index contributed by atoms with van der Waals surface area (Å²) in [5, 5.41) is 4.19. The van der Waals surface area contributed by atoms with E-state index in [1.165, 1.54) is 0 Å². The van der Waals surface area contributed by atoms with Crippen molar-refractivity contribution in [1.29, 1.82) is 0 Å². The average molecular weight is 368 g/mol. The summed E-state index contributed by atoms with van der Waals surface area (Å²) in [6.07, 6.45) is -3.40. The maximum Gasteiger partial charge on any atom is 0.433 e. The third kappa shape index (κ3) is 3.41. The van der Waals surface area contributed by atoms with Crippen LogP contribution in [0.3, 0.4) is 0 Å². The lowest BCUT2D eigenvalue weighted by Gasteiger charge is -2.25. The molecule has 0 spiro atoms. The number of amides is 1. The molecule has 3 rings (SSSR count). The van der Waals surface area contributed by atoms with Crippen molar-refractivity contribution in [2.75, 3.05) is 13.1 Å². The minimum absolute atomic E-state index is 0.0474. The predicted octanol–water partition coefficient (Wildman–Crippen LogP) is 3.67. The van der Waals surface area contributed by atoms with Gasteiger partial charge in [0.25, 0.3) is 0 Å². The van der Waals surface area contributed by atoms with E-state index in [1.807, 2.05) is 20.8 Å². The summed E-state index contributed by atoms with van der Waals surface area (Å²) in [6.45, 7) is 8.41. The normalized spacial score (nSPS) is 18.7. The first-order valence-corrected chi connectivity index (χ1v) is 8.77. The largest absolute Gasteiger partial charge is 0.433 e. The lowest BCUT2D eigenvalue weighted by atomic mass is 9.95. The number of carbonyl (C=O) groups is 1. The number of aryl methyl sites for hydroxylation is 1. The second-order valence-electron chi connectivity index (χ2n) is 7.81. The molecule has 1 amide bonds. The highest BCUT2D eigenvalue weighted by Gasteiger charge is 2.37. The van der Waals surface area contributed by atoms with Crippen LogP contribution in [0.4, 0.5) is 13.2 Å². The number of fused-ring (bicyclic) bond motifs is 1. The van der Waals surface area contributed by atoms with Crippen molar-refractivity contribution in [3.63, 3.8) is 0 Å². The van der Waals surface area contributed by atoms with Crippen LogP contribution in [0.15, 0.2) is 12.1 Å². The van der Waals surface area contributed by atoms with Crippen molar-refractivity contribution in [2.45, 2.75) is 52.6 Å². The van der Waals surface area contributed by atoms with Crippen LogP contribution < -0.4 is 0 Å². The smallest absolute Gasteiger partial charge is 0.342 e. The number of hydrogen-bond acceptors (Lipinski definition) is 3. The first kappa shape index (κ1) is 18.7. The molecule has 8 heteroatoms. The third-order valence-electron chi connectivity index (χ3n) is 4.69. The molecule has 3 heterocycles. The van der Waals surface area contributed by atoms with Crippen LogP contribution in [-0.2, 0) is 17.4 Å². The van der Waals surface area contributed by atoms with Gasteiger partial charge in [0.15, 0.2) is 5.65 Å². The molecule has 142 valence electrons. The van der Waals surface area contributed by atoms with Gasteiger partial charge in [-0.1, -0.05) is 27.7 Å². The Morgan fingerprint density at radius 3 is 2.54 bits per heavy atom. The Hall–Kier alpha value is -2.12. The Morgan fingerprint density at radius 1 is 1.27 bits per heavy atom. The Balaban J connectivity index is 1.94. The highest BCUT2D eigenvalue weighted by molar-refractivity contribution is 5.81. The lowest BCUT2D eigenvalue weighted by molar-refractivity contribution is -0.142. The van der Waals surface area contributed by atoms with E-state index in [2.05, 4.69) is 10.1 Å². The second kappa shape index (κ2) is 6.25. The number of rotatable bonds is 2. The molecule has 0 aliphatic carbocycles. The maximum atomic E-state index is 13.4. The summed E-state index contributed by atoms with van der Waals surface area (Å²) in [4.78, 5) is 18.5. The number of likely N-dealkylation sites (tertiary alicyclic amines) is 1. The Morgan fingerprint density at radius 2 is 1.96 bits per heavy atom. The minimum atomic E-state index is -4.50. The molecule has 1 aliphatic heterocycles. The van der Waals surface area contributed by atoms with E-state index in [-0.39, 0.29) is 17.5 Å². The van der Waals surface area contributed by atoms with Crippen molar-refractivity contribution >= 4 is 11.6 Å². The van der Waals surface area contributed by atoms with Gasteiger partial charge < -0.3 is 4.90 Å². The number of aromatic nitrogens is 3. The molecule has 0 bridgehead atoms. The quantitative estimate of drug-likeness (QED) is 0.813. The SMILES string of the molecule is CCc1cc(C(F)(F)F)n2nc([C@@H]3CCN(C(=O)C(C)(C)C)C3)cc2n1. The van der Waals surface area contributed by atoms with Gasteiger partial charge in [-0.05, 0) is 18.9 Å². The molecule has 0 N–H and O–H groups in total. The van der Waals surface area contributed by atoms with Crippen LogP contribution in [0.1, 0.15) is 57.1 Å². The third-order valence-corrected chi connectivity index (χ3v) is 4.69. The highest BCUT2D eigenvalue weighted by Crippen LogP contribution is 2.33. The number of carbonyl (C=O) groups excluding carboxylic acids is 1. The van der Waals surface area contributed by atoms with Crippen LogP contribution in [0.25, 0.3) is 5.65 Å². The molecule has 0 unspecified atom stereocenters. The van der Waals surface area contributed by atoms with Gasteiger partial charge in [0, 0.05) is 36.2 Å². The number of hydrogen-bond donors (Lipinski definition) is 0. The standard InChI is InChI=1S/C18H23F3N4O/c1-5-12-8-14(18(19,20)21)25-15(22-12)9-13(23-25)11-6-7-24(10-11)16(26)17(2,3)4/h8-9,11H,5-7,10H2,1-4H3/t11-/m1/s1. The van der Waals surface area contributed by atoms with Crippen molar-refractivity contribution in [2.24, 2.45) is 5.41 Å². The molecule has 26 heavy (non-hydrogen) atoms. The van der Waals surface area contributed by atoms with Crippen LogP contribution >= 0.6 is 0 Å². The molecule has 0 aromatic carbocycles. The zero-order valence-corrected chi connectivity index (χ0v) is 15.4. The fraction of sp³-hybridized carbons (Fsp3) is 0.611. The van der Waals surface area contributed by atoms with E-state index in [0.29, 0.717) is 37.3 Å². The van der Waals surface area contributed by atoms with Gasteiger partial charge in [0.1, 0.15) is 5.69 Å². The van der Waals surface area contributed by atoms with E-state index >= 15 is 0 Å². The number of nitrogens with zero attached hydrogens (tertiary/aromatic N) is 4. The molecule has 1 atom stereocenters. The summed E-state index contributed by atoms with van der Waals surface area (Å²) in [7, 11) is 0. The van der Waals surface area contributed by atoms with Gasteiger partial charge in [-0.2, -0.15) is 18.3 Å². The zero-order chi connectivity index (χ0) is 19.3. The molecule has 1 saturated heterocycles. The molecule has 0 radical (unpaired) electrons. The fourth-order valence-electron chi connectivity index (χ4n) is 3.29. The Labute approximate surface area is 150 Å². The van der Waals surface area contributed by atoms with Crippen LogP contribution in [0.5, 0.6) is 0 Å². The summed E-state index contributed by atoms with van der Waals surface area (Å²) in [6, 6.07) is 2.66. The van der Waals surface area contributed by atoms with E-state index in [0.717, 1.165) is 10.6 Å². The minimum Gasteiger partial charge on any atom is -0.342 e.